The Hall–Kier alpha value is -2.20. The number of aromatic nitrogens is 1. The first-order chi connectivity index (χ1) is 9.94. The highest BCUT2D eigenvalue weighted by Crippen LogP contribution is 2.30. The Kier molecular flexibility index (Phi) is 5.09. The van der Waals surface area contributed by atoms with Gasteiger partial charge in [0, 0.05) is 6.07 Å². The number of nitrogens with one attached hydrogen (secondary N) is 1. The van der Waals surface area contributed by atoms with Crippen LogP contribution in [-0.2, 0) is 22.1 Å². The van der Waals surface area contributed by atoms with E-state index in [4.69, 9.17) is 0 Å². The van der Waals surface area contributed by atoms with Gasteiger partial charge in [0.2, 0.25) is 5.88 Å². The maximum absolute atomic E-state index is 12.5. The normalized spacial score (nSPS) is 12.1. The average molecular weight is 333 g/mol. The van der Waals surface area contributed by atoms with Crippen molar-refractivity contribution in [2.45, 2.75) is 25.9 Å². The van der Waals surface area contributed by atoms with Gasteiger partial charge in [0.25, 0.3) is 0 Å². The standard InChI is InChI=1S/C11H9F6NO4/c1-2-21-8(20)3-5-6(19)4-7(10(12,13)14)18-9(5)22-11(15,16)17/h4H,2-3H2,1H3,(H,18,19). The predicted molar refractivity (Wildman–Crippen MR) is 59.1 cm³/mol. The smallest absolute Gasteiger partial charge is 0.466 e. The summed E-state index contributed by atoms with van der Waals surface area (Å²) in [6, 6.07) is 0.0395. The fourth-order valence-corrected chi connectivity index (χ4v) is 1.44. The molecule has 1 N–H and O–H groups in total. The maximum atomic E-state index is 12.5. The molecule has 1 heterocycles. The van der Waals surface area contributed by atoms with Crippen LogP contribution in [0.2, 0.25) is 0 Å². The summed E-state index contributed by atoms with van der Waals surface area (Å²) in [5.74, 6) is -2.58. The second-order valence-corrected chi connectivity index (χ2v) is 3.88. The Bertz CT molecular complexity index is 604. The van der Waals surface area contributed by atoms with Crippen molar-refractivity contribution in [3.63, 3.8) is 0 Å². The molecule has 1 aromatic rings. The van der Waals surface area contributed by atoms with Gasteiger partial charge in [-0.3, -0.25) is 9.59 Å². The van der Waals surface area contributed by atoms with Crippen LogP contribution in [0.25, 0.3) is 0 Å². The Morgan fingerprint density at radius 3 is 2.27 bits per heavy atom. The van der Waals surface area contributed by atoms with Crippen LogP contribution in [0.3, 0.4) is 0 Å². The number of carbonyl (C=O) groups excluding carboxylic acids is 1. The van der Waals surface area contributed by atoms with Crippen molar-refractivity contribution < 1.29 is 40.6 Å². The summed E-state index contributed by atoms with van der Waals surface area (Å²) in [7, 11) is 0. The van der Waals surface area contributed by atoms with E-state index in [2.05, 4.69) is 9.47 Å². The van der Waals surface area contributed by atoms with Crippen molar-refractivity contribution in [3.8, 4) is 5.88 Å². The van der Waals surface area contributed by atoms with Gasteiger partial charge in [-0.2, -0.15) is 13.2 Å². The summed E-state index contributed by atoms with van der Waals surface area (Å²) in [5.41, 5.74) is -4.08. The Labute approximate surface area is 118 Å². The molecule has 124 valence electrons. The topological polar surface area (TPSA) is 68.4 Å². The van der Waals surface area contributed by atoms with Gasteiger partial charge in [-0.25, -0.2) is 0 Å². The zero-order valence-corrected chi connectivity index (χ0v) is 10.9. The number of carbonyl (C=O) groups is 1. The van der Waals surface area contributed by atoms with E-state index in [0.29, 0.717) is 0 Å². The number of hydrogen-bond acceptors (Lipinski definition) is 4. The lowest BCUT2D eigenvalue weighted by molar-refractivity contribution is -0.276. The minimum Gasteiger partial charge on any atom is -0.466 e. The average Bonchev–Trinajstić information content (AvgIpc) is 2.30. The predicted octanol–water partition coefficient (Wildman–Crippen LogP) is 2.40. The van der Waals surface area contributed by atoms with Gasteiger partial charge >= 0.3 is 18.5 Å². The number of esters is 1. The monoisotopic (exact) mass is 333 g/mol. The van der Waals surface area contributed by atoms with E-state index in [1.165, 1.54) is 11.9 Å². The number of aromatic amines is 1. The third kappa shape index (κ3) is 4.97. The SMILES string of the molecule is CCOC(=O)Cc1c(OC(F)(F)F)[nH]c(C(F)(F)F)cc1=O. The van der Waals surface area contributed by atoms with Gasteiger partial charge in [-0.1, -0.05) is 0 Å². The molecular formula is C11H9F6NO4. The van der Waals surface area contributed by atoms with E-state index in [-0.39, 0.29) is 12.7 Å². The molecule has 1 rings (SSSR count). The lowest BCUT2D eigenvalue weighted by atomic mass is 10.1. The summed E-state index contributed by atoms with van der Waals surface area (Å²) in [5, 5.41) is 0. The molecule has 1 aromatic heterocycles. The first-order valence-corrected chi connectivity index (χ1v) is 5.68. The van der Waals surface area contributed by atoms with Gasteiger partial charge in [0.1, 0.15) is 5.69 Å². The van der Waals surface area contributed by atoms with Crippen LogP contribution in [-0.4, -0.2) is 23.9 Å². The van der Waals surface area contributed by atoms with Crippen molar-refractivity contribution >= 4 is 5.97 Å². The quantitative estimate of drug-likeness (QED) is 0.679. The Morgan fingerprint density at radius 1 is 1.23 bits per heavy atom. The molecule has 0 aliphatic carbocycles. The third-order valence-electron chi connectivity index (χ3n) is 2.24. The number of hydrogen-bond donors (Lipinski definition) is 1. The van der Waals surface area contributed by atoms with Crippen LogP contribution in [0.4, 0.5) is 26.3 Å². The number of H-pyrrole nitrogens is 1. The molecular weight excluding hydrogens is 324 g/mol. The molecule has 0 saturated heterocycles. The summed E-state index contributed by atoms with van der Waals surface area (Å²) >= 11 is 0. The highest BCUT2D eigenvalue weighted by Gasteiger charge is 2.37. The van der Waals surface area contributed by atoms with Crippen LogP contribution in [0.5, 0.6) is 5.88 Å². The maximum Gasteiger partial charge on any atom is 0.574 e. The summed E-state index contributed by atoms with van der Waals surface area (Å²) in [4.78, 5) is 24.1. The molecule has 0 bridgehead atoms. The molecule has 22 heavy (non-hydrogen) atoms. The van der Waals surface area contributed by atoms with Crippen LogP contribution < -0.4 is 10.2 Å². The van der Waals surface area contributed by atoms with Gasteiger partial charge < -0.3 is 14.5 Å². The van der Waals surface area contributed by atoms with E-state index in [9.17, 15) is 35.9 Å². The number of pyridine rings is 1. The second-order valence-electron chi connectivity index (χ2n) is 3.88. The number of ether oxygens (including phenoxy) is 2. The van der Waals surface area contributed by atoms with Crippen molar-refractivity contribution in [1.82, 2.24) is 4.98 Å². The van der Waals surface area contributed by atoms with Crippen molar-refractivity contribution in [2.24, 2.45) is 0 Å². The Balaban J connectivity index is 3.35. The molecule has 0 unspecified atom stereocenters. The van der Waals surface area contributed by atoms with E-state index < -0.39 is 47.5 Å². The number of rotatable bonds is 4. The lowest BCUT2D eigenvalue weighted by Gasteiger charge is -2.15. The molecule has 0 aliphatic rings. The van der Waals surface area contributed by atoms with Gasteiger partial charge in [0.15, 0.2) is 5.43 Å². The Morgan fingerprint density at radius 2 is 1.82 bits per heavy atom. The largest absolute Gasteiger partial charge is 0.574 e. The van der Waals surface area contributed by atoms with Crippen molar-refractivity contribution in [2.75, 3.05) is 6.61 Å². The van der Waals surface area contributed by atoms with Gasteiger partial charge in [-0.05, 0) is 6.92 Å². The van der Waals surface area contributed by atoms with Crippen molar-refractivity contribution in [1.29, 1.82) is 0 Å². The first-order valence-electron chi connectivity index (χ1n) is 5.68. The summed E-state index contributed by atoms with van der Waals surface area (Å²) < 4.78 is 82.0. The van der Waals surface area contributed by atoms with Gasteiger partial charge in [-0.15, -0.1) is 13.2 Å². The van der Waals surface area contributed by atoms with E-state index in [1.807, 2.05) is 0 Å². The molecule has 0 atom stereocenters. The van der Waals surface area contributed by atoms with Crippen LogP contribution >= 0.6 is 0 Å². The molecule has 0 radical (unpaired) electrons. The molecule has 0 amide bonds. The fraction of sp³-hybridized carbons (Fsp3) is 0.455. The zero-order chi connectivity index (χ0) is 17.1. The lowest BCUT2D eigenvalue weighted by Crippen LogP contribution is -2.26. The number of alkyl halides is 6. The molecule has 0 spiro atoms. The summed E-state index contributed by atoms with van der Waals surface area (Å²) in [6.07, 6.45) is -11.4. The first kappa shape index (κ1) is 17.9. The molecule has 0 saturated carbocycles. The van der Waals surface area contributed by atoms with Crippen molar-refractivity contribution in [3.05, 3.63) is 27.5 Å². The molecule has 11 heteroatoms. The van der Waals surface area contributed by atoms with Crippen LogP contribution in [0.1, 0.15) is 18.2 Å². The highest BCUT2D eigenvalue weighted by molar-refractivity contribution is 5.73. The van der Waals surface area contributed by atoms with Crippen LogP contribution in [0.15, 0.2) is 10.9 Å². The third-order valence-corrected chi connectivity index (χ3v) is 2.24. The van der Waals surface area contributed by atoms with Gasteiger partial charge in [0.05, 0.1) is 18.6 Å². The van der Waals surface area contributed by atoms with E-state index >= 15 is 0 Å². The summed E-state index contributed by atoms with van der Waals surface area (Å²) in [6.45, 7) is 1.29. The molecule has 0 aromatic carbocycles. The molecule has 0 aliphatic heterocycles. The molecule has 5 nitrogen and oxygen atoms in total. The second kappa shape index (κ2) is 6.28. The molecule has 0 fully saturated rings. The van der Waals surface area contributed by atoms with E-state index in [1.54, 1.807) is 0 Å². The van der Waals surface area contributed by atoms with Crippen LogP contribution in [0, 0.1) is 0 Å². The van der Waals surface area contributed by atoms with E-state index in [0.717, 1.165) is 0 Å². The highest BCUT2D eigenvalue weighted by atomic mass is 19.4. The number of halogens is 6. The minimum absolute atomic E-state index is 0.0395. The fourth-order valence-electron chi connectivity index (χ4n) is 1.44. The minimum atomic E-state index is -5.35. The zero-order valence-electron chi connectivity index (χ0n) is 10.9.